The summed E-state index contributed by atoms with van der Waals surface area (Å²) in [6, 6.07) is 11.2. The van der Waals surface area contributed by atoms with Crippen LogP contribution >= 0.6 is 0 Å². The Bertz CT molecular complexity index is 1190. The SMILES string of the molecule is [C-]#[N+]c1ccc(-c2ccc(C(O)CN)c(F)c2)c(Oc2cc(N3CCOCC3)nc(C)n2)c1. The van der Waals surface area contributed by atoms with Gasteiger partial charge in [0.1, 0.15) is 23.2 Å². The van der Waals surface area contributed by atoms with E-state index in [-0.39, 0.29) is 12.1 Å². The average Bonchev–Trinajstić information content (AvgIpc) is 2.83. The Morgan fingerprint density at radius 2 is 2.00 bits per heavy atom. The number of morpholine rings is 1. The van der Waals surface area contributed by atoms with Crippen LogP contribution in [0.15, 0.2) is 42.5 Å². The van der Waals surface area contributed by atoms with Crippen molar-refractivity contribution in [1.29, 1.82) is 0 Å². The number of aryl methyl sites for hydroxylation is 1. The minimum atomic E-state index is -1.08. The van der Waals surface area contributed by atoms with Gasteiger partial charge in [-0.1, -0.05) is 24.3 Å². The van der Waals surface area contributed by atoms with E-state index in [1.165, 1.54) is 12.1 Å². The van der Waals surface area contributed by atoms with Crippen LogP contribution in [-0.4, -0.2) is 47.9 Å². The first-order valence-electron chi connectivity index (χ1n) is 10.5. The van der Waals surface area contributed by atoms with Crippen LogP contribution in [0.3, 0.4) is 0 Å². The second-order valence-corrected chi connectivity index (χ2v) is 7.59. The van der Waals surface area contributed by atoms with Gasteiger partial charge >= 0.3 is 0 Å². The molecular formula is C24H24FN5O3. The van der Waals surface area contributed by atoms with Crippen molar-refractivity contribution in [3.8, 4) is 22.8 Å². The number of nitrogens with zero attached hydrogens (tertiary/aromatic N) is 4. The van der Waals surface area contributed by atoms with Gasteiger partial charge in [-0.05, 0) is 24.6 Å². The molecule has 4 rings (SSSR count). The van der Waals surface area contributed by atoms with Gasteiger partial charge in [-0.15, -0.1) is 0 Å². The Balaban J connectivity index is 1.71. The van der Waals surface area contributed by atoms with Gasteiger partial charge in [-0.3, -0.25) is 0 Å². The van der Waals surface area contributed by atoms with E-state index in [4.69, 9.17) is 21.8 Å². The molecule has 33 heavy (non-hydrogen) atoms. The highest BCUT2D eigenvalue weighted by Gasteiger charge is 2.18. The first-order chi connectivity index (χ1) is 16.0. The van der Waals surface area contributed by atoms with Gasteiger partial charge in [-0.25, -0.2) is 14.2 Å². The summed E-state index contributed by atoms with van der Waals surface area (Å²) < 4.78 is 26.2. The molecule has 1 aliphatic heterocycles. The number of ether oxygens (including phenoxy) is 2. The number of aliphatic hydroxyl groups excluding tert-OH is 1. The number of anilines is 1. The third-order valence-electron chi connectivity index (χ3n) is 5.34. The fourth-order valence-corrected chi connectivity index (χ4v) is 3.64. The minimum Gasteiger partial charge on any atom is -0.440 e. The zero-order valence-corrected chi connectivity index (χ0v) is 18.2. The lowest BCUT2D eigenvalue weighted by molar-refractivity contribution is 0.122. The number of nitrogens with two attached hydrogens (primary N) is 1. The van der Waals surface area contributed by atoms with E-state index < -0.39 is 11.9 Å². The van der Waals surface area contributed by atoms with Crippen LogP contribution in [0.1, 0.15) is 17.5 Å². The topological polar surface area (TPSA) is 98.1 Å². The Hall–Kier alpha value is -3.58. The molecule has 0 bridgehead atoms. The third-order valence-corrected chi connectivity index (χ3v) is 5.34. The Morgan fingerprint density at radius 3 is 2.70 bits per heavy atom. The quantitative estimate of drug-likeness (QED) is 0.553. The summed E-state index contributed by atoms with van der Waals surface area (Å²) in [5.41, 5.74) is 7.08. The number of hydrogen-bond donors (Lipinski definition) is 2. The fourth-order valence-electron chi connectivity index (χ4n) is 3.64. The maximum Gasteiger partial charge on any atom is 0.224 e. The van der Waals surface area contributed by atoms with E-state index >= 15 is 0 Å². The predicted molar refractivity (Wildman–Crippen MR) is 122 cm³/mol. The zero-order chi connectivity index (χ0) is 23.4. The van der Waals surface area contributed by atoms with Crippen LogP contribution in [0.25, 0.3) is 16.0 Å². The summed E-state index contributed by atoms with van der Waals surface area (Å²) in [5, 5.41) is 9.90. The number of aliphatic hydroxyl groups is 1. The summed E-state index contributed by atoms with van der Waals surface area (Å²) in [4.78, 5) is 14.5. The van der Waals surface area contributed by atoms with Gasteiger partial charge in [0, 0.05) is 36.8 Å². The van der Waals surface area contributed by atoms with Crippen molar-refractivity contribution in [2.24, 2.45) is 5.73 Å². The second-order valence-electron chi connectivity index (χ2n) is 7.59. The molecule has 9 heteroatoms. The molecule has 1 aliphatic rings. The standard InChI is InChI=1S/C24H24FN5O3/c1-15-28-23(30-7-9-32-10-8-30)13-24(29-15)33-22-12-17(27-2)4-6-18(22)16-3-5-19(20(25)11-16)21(31)14-26/h3-6,11-13,21,31H,7-10,14,26H2,1H3. The number of aromatic nitrogens is 2. The van der Waals surface area contributed by atoms with Gasteiger partial charge < -0.3 is 25.2 Å². The van der Waals surface area contributed by atoms with Crippen molar-refractivity contribution in [3.63, 3.8) is 0 Å². The van der Waals surface area contributed by atoms with E-state index in [9.17, 15) is 9.50 Å². The van der Waals surface area contributed by atoms with Crippen LogP contribution in [0.5, 0.6) is 11.6 Å². The molecule has 3 aromatic rings. The van der Waals surface area contributed by atoms with Crippen LogP contribution in [0.4, 0.5) is 15.9 Å². The molecule has 0 aliphatic carbocycles. The number of halogens is 1. The molecule has 2 aromatic carbocycles. The molecule has 8 nitrogen and oxygen atoms in total. The maximum atomic E-state index is 14.6. The van der Waals surface area contributed by atoms with Crippen LogP contribution < -0.4 is 15.4 Å². The van der Waals surface area contributed by atoms with E-state index in [1.807, 2.05) is 0 Å². The van der Waals surface area contributed by atoms with Crippen molar-refractivity contribution in [2.75, 3.05) is 37.7 Å². The molecule has 0 spiro atoms. The van der Waals surface area contributed by atoms with E-state index in [1.54, 1.807) is 37.3 Å². The van der Waals surface area contributed by atoms with Gasteiger partial charge in [0.05, 0.1) is 25.9 Å². The summed E-state index contributed by atoms with van der Waals surface area (Å²) in [6.07, 6.45) is -1.08. The summed E-state index contributed by atoms with van der Waals surface area (Å²) >= 11 is 0. The van der Waals surface area contributed by atoms with Gasteiger partial charge in [0.2, 0.25) is 5.88 Å². The Labute approximate surface area is 191 Å². The van der Waals surface area contributed by atoms with Crippen molar-refractivity contribution in [2.45, 2.75) is 13.0 Å². The Kier molecular flexibility index (Phi) is 6.79. The van der Waals surface area contributed by atoms with Crippen molar-refractivity contribution in [3.05, 3.63) is 71.1 Å². The summed E-state index contributed by atoms with van der Waals surface area (Å²) in [7, 11) is 0. The van der Waals surface area contributed by atoms with Crippen LogP contribution in [0, 0.1) is 19.3 Å². The lowest BCUT2D eigenvalue weighted by Crippen LogP contribution is -2.36. The highest BCUT2D eigenvalue weighted by Crippen LogP contribution is 2.37. The molecule has 1 saturated heterocycles. The summed E-state index contributed by atoms with van der Waals surface area (Å²) in [6.45, 7) is 11.7. The smallest absolute Gasteiger partial charge is 0.224 e. The normalized spacial score (nSPS) is 14.6. The monoisotopic (exact) mass is 449 g/mol. The maximum absolute atomic E-state index is 14.6. The molecule has 1 unspecified atom stereocenters. The largest absolute Gasteiger partial charge is 0.440 e. The second kappa shape index (κ2) is 9.92. The molecule has 0 saturated carbocycles. The highest BCUT2D eigenvalue weighted by molar-refractivity contribution is 5.74. The number of rotatable bonds is 6. The van der Waals surface area contributed by atoms with Crippen molar-refractivity contribution in [1.82, 2.24) is 9.97 Å². The number of hydrogen-bond acceptors (Lipinski definition) is 7. The number of benzene rings is 2. The lowest BCUT2D eigenvalue weighted by atomic mass is 10.00. The fraction of sp³-hybridized carbons (Fsp3) is 0.292. The molecule has 3 N–H and O–H groups in total. The molecule has 0 radical (unpaired) electrons. The molecule has 2 heterocycles. The average molecular weight is 449 g/mol. The zero-order valence-electron chi connectivity index (χ0n) is 18.2. The van der Waals surface area contributed by atoms with Crippen LogP contribution in [0.2, 0.25) is 0 Å². The molecule has 0 amide bonds. The lowest BCUT2D eigenvalue weighted by Gasteiger charge is -2.28. The molecule has 1 atom stereocenters. The first-order valence-corrected chi connectivity index (χ1v) is 10.5. The summed E-state index contributed by atoms with van der Waals surface area (Å²) in [5.74, 6) is 1.39. The molecule has 1 fully saturated rings. The van der Waals surface area contributed by atoms with Crippen LogP contribution in [-0.2, 0) is 4.74 Å². The Morgan fingerprint density at radius 1 is 1.21 bits per heavy atom. The van der Waals surface area contributed by atoms with E-state index in [0.717, 1.165) is 5.82 Å². The molecule has 170 valence electrons. The molecule has 1 aromatic heterocycles. The van der Waals surface area contributed by atoms with Gasteiger partial charge in [0.25, 0.3) is 0 Å². The van der Waals surface area contributed by atoms with E-state index in [2.05, 4.69) is 19.7 Å². The van der Waals surface area contributed by atoms with Crippen molar-refractivity contribution < 1.29 is 19.0 Å². The van der Waals surface area contributed by atoms with Crippen molar-refractivity contribution >= 4 is 11.5 Å². The highest BCUT2D eigenvalue weighted by atomic mass is 19.1. The van der Waals surface area contributed by atoms with Gasteiger partial charge in [-0.2, -0.15) is 4.98 Å². The first kappa shape index (κ1) is 22.6. The van der Waals surface area contributed by atoms with E-state index in [0.29, 0.717) is 60.6 Å². The van der Waals surface area contributed by atoms with Gasteiger partial charge in [0.15, 0.2) is 5.69 Å². The third kappa shape index (κ3) is 5.09. The minimum absolute atomic E-state index is 0.0805. The predicted octanol–water partition coefficient (Wildman–Crippen LogP) is 3.76. The molecular weight excluding hydrogens is 425 g/mol.